The number of nitriles is 1. The van der Waals surface area contributed by atoms with Crippen LogP contribution in [0.5, 0.6) is 0 Å². The van der Waals surface area contributed by atoms with Gasteiger partial charge in [0.1, 0.15) is 11.9 Å². The van der Waals surface area contributed by atoms with Crippen molar-refractivity contribution in [3.05, 3.63) is 87.9 Å². The number of hydrogen-bond acceptors (Lipinski definition) is 6. The molecule has 0 unspecified atom stereocenters. The highest BCUT2D eigenvalue weighted by Crippen LogP contribution is 2.35. The van der Waals surface area contributed by atoms with Crippen molar-refractivity contribution in [3.63, 3.8) is 0 Å². The first kappa shape index (κ1) is 21.1. The molecule has 3 aromatic heterocycles. The molecule has 0 aliphatic heterocycles. The van der Waals surface area contributed by atoms with E-state index < -0.39 is 5.82 Å². The van der Waals surface area contributed by atoms with Gasteiger partial charge in [-0.1, -0.05) is 11.6 Å². The van der Waals surface area contributed by atoms with Crippen LogP contribution in [-0.2, 0) is 6.54 Å². The summed E-state index contributed by atoms with van der Waals surface area (Å²) in [5.41, 5.74) is 4.68. The minimum absolute atomic E-state index is 0.0105. The zero-order valence-corrected chi connectivity index (χ0v) is 19.2. The van der Waals surface area contributed by atoms with Gasteiger partial charge in [0.2, 0.25) is 0 Å². The van der Waals surface area contributed by atoms with Crippen LogP contribution in [0.15, 0.2) is 65.8 Å². The summed E-state index contributed by atoms with van der Waals surface area (Å²) in [7, 11) is 0. The fourth-order valence-corrected chi connectivity index (χ4v) is 4.26. The third-order valence-corrected chi connectivity index (χ3v) is 6.00. The summed E-state index contributed by atoms with van der Waals surface area (Å²) < 4.78 is 16.3. The van der Waals surface area contributed by atoms with Crippen molar-refractivity contribution in [2.24, 2.45) is 0 Å². The van der Waals surface area contributed by atoms with E-state index in [4.69, 9.17) is 11.6 Å². The summed E-state index contributed by atoms with van der Waals surface area (Å²) in [6, 6.07) is 10.3. The SMILES string of the molecule is N#Cc1cnc2c(Br)cc(NCc3cnc4cnccn34)cc2c1Nc1ccc(F)c(Cl)c1. The Morgan fingerprint density at radius 2 is 2.00 bits per heavy atom. The maximum absolute atomic E-state index is 13.6. The predicted octanol–water partition coefficient (Wildman–Crippen LogP) is 6.06. The molecule has 0 aliphatic carbocycles. The molecule has 7 nitrogen and oxygen atoms in total. The Morgan fingerprint density at radius 3 is 2.82 bits per heavy atom. The number of imidazole rings is 1. The molecule has 0 aliphatic rings. The fourth-order valence-electron chi connectivity index (χ4n) is 3.52. The average Bonchev–Trinajstić information content (AvgIpc) is 3.23. The highest BCUT2D eigenvalue weighted by Gasteiger charge is 2.14. The van der Waals surface area contributed by atoms with Gasteiger partial charge in [-0.2, -0.15) is 5.26 Å². The molecule has 0 bridgehead atoms. The number of hydrogen-bond donors (Lipinski definition) is 2. The number of nitrogens with zero attached hydrogens (tertiary/aromatic N) is 5. The molecule has 2 N–H and O–H groups in total. The molecule has 0 saturated carbocycles. The molecule has 0 amide bonds. The van der Waals surface area contributed by atoms with Crippen LogP contribution in [0.4, 0.5) is 21.5 Å². The number of benzene rings is 2. The van der Waals surface area contributed by atoms with E-state index in [1.54, 1.807) is 24.7 Å². The lowest BCUT2D eigenvalue weighted by atomic mass is 10.1. The summed E-state index contributed by atoms with van der Waals surface area (Å²) in [6.45, 7) is 0.519. The van der Waals surface area contributed by atoms with Crippen molar-refractivity contribution in [2.45, 2.75) is 6.54 Å². The molecule has 0 spiro atoms. The molecule has 0 saturated heterocycles. The second-order valence-electron chi connectivity index (χ2n) is 7.17. The summed E-state index contributed by atoms with van der Waals surface area (Å²) >= 11 is 9.52. The van der Waals surface area contributed by atoms with Gasteiger partial charge < -0.3 is 10.6 Å². The van der Waals surface area contributed by atoms with E-state index in [2.05, 4.69) is 47.6 Å². The van der Waals surface area contributed by atoms with E-state index in [0.29, 0.717) is 34.4 Å². The maximum Gasteiger partial charge on any atom is 0.155 e. The lowest BCUT2D eigenvalue weighted by Crippen LogP contribution is -2.03. The molecule has 5 aromatic rings. The van der Waals surface area contributed by atoms with Crippen molar-refractivity contribution < 1.29 is 4.39 Å². The fraction of sp³-hybridized carbons (Fsp3) is 0.0435. The average molecular weight is 523 g/mol. The number of aromatic nitrogens is 4. The Kier molecular flexibility index (Phi) is 5.54. The minimum Gasteiger partial charge on any atom is -0.379 e. The van der Waals surface area contributed by atoms with Gasteiger partial charge in [0, 0.05) is 39.8 Å². The second kappa shape index (κ2) is 8.65. The molecule has 33 heavy (non-hydrogen) atoms. The van der Waals surface area contributed by atoms with E-state index >= 15 is 0 Å². The lowest BCUT2D eigenvalue weighted by Gasteiger charge is -2.15. The Labute approximate surface area is 201 Å². The summed E-state index contributed by atoms with van der Waals surface area (Å²) in [6.07, 6.45) is 8.56. The highest BCUT2D eigenvalue weighted by atomic mass is 79.9. The molecule has 162 valence electrons. The molecular formula is C23H14BrClFN7. The third-order valence-electron chi connectivity index (χ3n) is 5.10. The van der Waals surface area contributed by atoms with Gasteiger partial charge in [-0.25, -0.2) is 9.37 Å². The minimum atomic E-state index is -0.514. The lowest BCUT2D eigenvalue weighted by molar-refractivity contribution is 0.628. The van der Waals surface area contributed by atoms with Gasteiger partial charge in [0.05, 0.1) is 46.4 Å². The number of nitrogens with one attached hydrogen (secondary N) is 2. The number of halogens is 3. The van der Waals surface area contributed by atoms with Gasteiger partial charge in [0.15, 0.2) is 5.65 Å². The van der Waals surface area contributed by atoms with Gasteiger partial charge >= 0.3 is 0 Å². The van der Waals surface area contributed by atoms with E-state index in [1.165, 1.54) is 18.3 Å². The zero-order valence-electron chi connectivity index (χ0n) is 16.9. The van der Waals surface area contributed by atoms with Crippen LogP contribution in [-0.4, -0.2) is 19.4 Å². The number of pyridine rings is 1. The van der Waals surface area contributed by atoms with Crippen molar-refractivity contribution in [2.75, 3.05) is 10.6 Å². The first-order valence-corrected chi connectivity index (χ1v) is 10.9. The molecule has 0 fully saturated rings. The highest BCUT2D eigenvalue weighted by molar-refractivity contribution is 9.10. The van der Waals surface area contributed by atoms with Crippen LogP contribution in [0.25, 0.3) is 16.6 Å². The first-order chi connectivity index (χ1) is 16.0. The van der Waals surface area contributed by atoms with Crippen molar-refractivity contribution in [1.29, 1.82) is 5.26 Å². The summed E-state index contributed by atoms with van der Waals surface area (Å²) in [5.74, 6) is -0.514. The second-order valence-corrected chi connectivity index (χ2v) is 8.44. The third kappa shape index (κ3) is 4.06. The van der Waals surface area contributed by atoms with Crippen LogP contribution in [0.3, 0.4) is 0 Å². The molecule has 2 aromatic carbocycles. The number of anilines is 3. The van der Waals surface area contributed by atoms with Gasteiger partial charge in [-0.05, 0) is 46.3 Å². The smallest absolute Gasteiger partial charge is 0.155 e. The van der Waals surface area contributed by atoms with Gasteiger partial charge in [0.25, 0.3) is 0 Å². The monoisotopic (exact) mass is 521 g/mol. The van der Waals surface area contributed by atoms with Crippen LogP contribution in [0.1, 0.15) is 11.3 Å². The number of rotatable bonds is 5. The van der Waals surface area contributed by atoms with Gasteiger partial charge in [-0.3, -0.25) is 14.4 Å². The number of fused-ring (bicyclic) bond motifs is 2. The van der Waals surface area contributed by atoms with Crippen molar-refractivity contribution >= 4 is 61.1 Å². The quantitative estimate of drug-likeness (QED) is 0.292. The van der Waals surface area contributed by atoms with Crippen LogP contribution >= 0.6 is 27.5 Å². The predicted molar refractivity (Wildman–Crippen MR) is 129 cm³/mol. The Hall–Kier alpha value is -3.74. The van der Waals surface area contributed by atoms with E-state index in [0.717, 1.165) is 21.5 Å². The van der Waals surface area contributed by atoms with E-state index in [1.807, 2.05) is 22.7 Å². The van der Waals surface area contributed by atoms with E-state index in [-0.39, 0.29) is 5.02 Å². The van der Waals surface area contributed by atoms with Crippen LogP contribution in [0, 0.1) is 17.1 Å². The largest absolute Gasteiger partial charge is 0.379 e. The normalized spacial score (nSPS) is 11.0. The summed E-state index contributed by atoms with van der Waals surface area (Å²) in [4.78, 5) is 12.9. The summed E-state index contributed by atoms with van der Waals surface area (Å²) in [5, 5.41) is 17.0. The Morgan fingerprint density at radius 1 is 1.12 bits per heavy atom. The zero-order chi connectivity index (χ0) is 22.9. The molecule has 3 heterocycles. The molecule has 0 radical (unpaired) electrons. The van der Waals surface area contributed by atoms with Crippen LogP contribution < -0.4 is 10.6 Å². The molecule has 5 rings (SSSR count). The first-order valence-electron chi connectivity index (χ1n) is 9.78. The van der Waals surface area contributed by atoms with E-state index in [9.17, 15) is 9.65 Å². The van der Waals surface area contributed by atoms with Gasteiger partial charge in [-0.15, -0.1) is 0 Å². The Bertz CT molecular complexity index is 1560. The molecular weight excluding hydrogens is 509 g/mol. The maximum atomic E-state index is 13.6. The topological polar surface area (TPSA) is 90.9 Å². The standard InChI is InChI=1S/C23H14BrClFN7/c24-18-6-15(29-10-16-11-30-21-12-28-3-4-33(16)21)5-17-22(13(8-27)9-31-23(17)18)32-14-1-2-20(26)19(25)7-14/h1-7,9,11-12,29H,10H2,(H,31,32). The Balaban J connectivity index is 1.54. The molecule has 0 atom stereocenters. The van der Waals surface area contributed by atoms with Crippen LogP contribution in [0.2, 0.25) is 5.02 Å². The van der Waals surface area contributed by atoms with Crippen molar-refractivity contribution in [1.82, 2.24) is 19.4 Å². The molecule has 10 heteroatoms. The van der Waals surface area contributed by atoms with Crippen molar-refractivity contribution in [3.8, 4) is 6.07 Å².